The number of amides is 1. The van der Waals surface area contributed by atoms with E-state index in [1.54, 1.807) is 0 Å². The number of hydrogen-bond acceptors (Lipinski definition) is 2. The van der Waals surface area contributed by atoms with Gasteiger partial charge in [-0.1, -0.05) is 32.0 Å². The van der Waals surface area contributed by atoms with Crippen molar-refractivity contribution in [2.45, 2.75) is 45.3 Å². The summed E-state index contributed by atoms with van der Waals surface area (Å²) in [6.45, 7) is 4.68. The third kappa shape index (κ3) is 3.69. The third-order valence-electron chi connectivity index (χ3n) is 3.57. The first kappa shape index (κ1) is 14.8. The van der Waals surface area contributed by atoms with Gasteiger partial charge in [0.1, 0.15) is 0 Å². The highest BCUT2D eigenvalue weighted by Crippen LogP contribution is 2.30. The first-order valence-corrected chi connectivity index (χ1v) is 7.88. The molecule has 1 aliphatic rings. The van der Waals surface area contributed by atoms with Crippen LogP contribution in [0.1, 0.15) is 32.3 Å². The van der Waals surface area contributed by atoms with Gasteiger partial charge in [-0.2, -0.15) is 0 Å². The Morgan fingerprint density at radius 3 is 2.58 bits per heavy atom. The van der Waals surface area contributed by atoms with Crippen molar-refractivity contribution in [3.05, 3.63) is 33.4 Å². The Labute approximate surface area is 128 Å². The largest absolute Gasteiger partial charge is 0.334 e. The minimum atomic E-state index is -0.387. The molecule has 0 aliphatic heterocycles. The zero-order chi connectivity index (χ0) is 14.0. The molecule has 19 heavy (non-hydrogen) atoms. The molecule has 0 saturated heterocycles. The topological polar surface area (TPSA) is 46.3 Å². The highest BCUT2D eigenvalue weighted by atomic mass is 127. The van der Waals surface area contributed by atoms with E-state index in [1.807, 2.05) is 30.9 Å². The van der Waals surface area contributed by atoms with Crippen molar-refractivity contribution in [2.75, 3.05) is 0 Å². The van der Waals surface area contributed by atoms with Gasteiger partial charge in [-0.05, 0) is 53.0 Å². The molecule has 1 atom stereocenters. The average Bonchev–Trinajstić information content (AvgIpc) is 3.20. The summed E-state index contributed by atoms with van der Waals surface area (Å²) in [4.78, 5) is 14.5. The van der Waals surface area contributed by atoms with E-state index in [4.69, 9.17) is 5.73 Å². The predicted molar refractivity (Wildman–Crippen MR) is 85.5 cm³/mol. The molecule has 0 radical (unpaired) electrons. The van der Waals surface area contributed by atoms with Crippen molar-refractivity contribution < 1.29 is 4.79 Å². The Morgan fingerprint density at radius 1 is 1.42 bits per heavy atom. The van der Waals surface area contributed by atoms with Crippen LogP contribution in [0.5, 0.6) is 0 Å². The second kappa shape index (κ2) is 6.22. The Bertz CT molecular complexity index is 457. The SMILES string of the molecule is CC(C)C(N)C(=O)N(Cc1ccccc1I)C1CC1. The van der Waals surface area contributed by atoms with E-state index in [0.717, 1.165) is 12.8 Å². The van der Waals surface area contributed by atoms with Crippen molar-refractivity contribution in [1.82, 2.24) is 4.90 Å². The molecule has 3 nitrogen and oxygen atoms in total. The average molecular weight is 372 g/mol. The van der Waals surface area contributed by atoms with Crippen LogP contribution in [-0.2, 0) is 11.3 Å². The summed E-state index contributed by atoms with van der Waals surface area (Å²) in [5.41, 5.74) is 7.23. The summed E-state index contributed by atoms with van der Waals surface area (Å²) in [7, 11) is 0. The lowest BCUT2D eigenvalue weighted by Crippen LogP contribution is -2.47. The lowest BCUT2D eigenvalue weighted by molar-refractivity contribution is -0.134. The van der Waals surface area contributed by atoms with Gasteiger partial charge < -0.3 is 10.6 Å². The number of nitrogens with zero attached hydrogens (tertiary/aromatic N) is 1. The summed E-state index contributed by atoms with van der Waals surface area (Å²) in [6, 6.07) is 8.22. The number of carbonyl (C=O) groups is 1. The Kier molecular flexibility index (Phi) is 4.84. The van der Waals surface area contributed by atoms with Crippen molar-refractivity contribution in [3.63, 3.8) is 0 Å². The van der Waals surface area contributed by atoms with Gasteiger partial charge >= 0.3 is 0 Å². The molecule has 0 spiro atoms. The van der Waals surface area contributed by atoms with Crippen LogP contribution >= 0.6 is 22.6 Å². The summed E-state index contributed by atoms with van der Waals surface area (Å²) in [5, 5.41) is 0. The first-order valence-electron chi connectivity index (χ1n) is 6.80. The molecule has 2 N–H and O–H groups in total. The zero-order valence-electron chi connectivity index (χ0n) is 11.5. The molecule has 0 bridgehead atoms. The van der Waals surface area contributed by atoms with Crippen LogP contribution in [0.4, 0.5) is 0 Å². The highest BCUT2D eigenvalue weighted by Gasteiger charge is 2.35. The minimum Gasteiger partial charge on any atom is -0.334 e. The van der Waals surface area contributed by atoms with Crippen LogP contribution < -0.4 is 5.73 Å². The molecule has 104 valence electrons. The number of halogens is 1. The maximum Gasteiger partial charge on any atom is 0.240 e. The van der Waals surface area contributed by atoms with Gasteiger partial charge in [-0.3, -0.25) is 4.79 Å². The number of rotatable bonds is 5. The molecular formula is C15H21IN2O. The molecule has 0 aromatic heterocycles. The van der Waals surface area contributed by atoms with Crippen LogP contribution in [0.2, 0.25) is 0 Å². The molecule has 1 aromatic rings. The molecule has 4 heteroatoms. The maximum absolute atomic E-state index is 12.5. The van der Waals surface area contributed by atoms with E-state index < -0.39 is 0 Å². The third-order valence-corrected chi connectivity index (χ3v) is 4.63. The van der Waals surface area contributed by atoms with E-state index in [0.29, 0.717) is 12.6 Å². The Hall–Kier alpha value is -0.620. The van der Waals surface area contributed by atoms with Gasteiger partial charge in [0.15, 0.2) is 0 Å². The van der Waals surface area contributed by atoms with E-state index in [2.05, 4.69) is 34.7 Å². The lowest BCUT2D eigenvalue weighted by atomic mass is 10.0. The van der Waals surface area contributed by atoms with Crippen LogP contribution in [0.15, 0.2) is 24.3 Å². The van der Waals surface area contributed by atoms with Crippen molar-refractivity contribution in [2.24, 2.45) is 11.7 Å². The molecule has 1 amide bonds. The highest BCUT2D eigenvalue weighted by molar-refractivity contribution is 14.1. The van der Waals surface area contributed by atoms with Gasteiger partial charge in [0, 0.05) is 16.2 Å². The Morgan fingerprint density at radius 2 is 2.05 bits per heavy atom. The Balaban J connectivity index is 2.13. The van der Waals surface area contributed by atoms with E-state index >= 15 is 0 Å². The van der Waals surface area contributed by atoms with Crippen molar-refractivity contribution in [1.29, 1.82) is 0 Å². The quantitative estimate of drug-likeness (QED) is 0.808. The summed E-state index contributed by atoms with van der Waals surface area (Å²) in [6.07, 6.45) is 2.22. The van der Waals surface area contributed by atoms with Crippen molar-refractivity contribution >= 4 is 28.5 Å². The van der Waals surface area contributed by atoms with Crippen LogP contribution in [-0.4, -0.2) is 22.9 Å². The predicted octanol–water partition coefficient (Wildman–Crippen LogP) is 2.77. The molecule has 1 aliphatic carbocycles. The summed E-state index contributed by atoms with van der Waals surface area (Å²) < 4.78 is 1.21. The van der Waals surface area contributed by atoms with Gasteiger partial charge in [0.25, 0.3) is 0 Å². The second-order valence-electron chi connectivity index (χ2n) is 5.56. The number of hydrogen-bond donors (Lipinski definition) is 1. The number of carbonyl (C=O) groups excluding carboxylic acids is 1. The van der Waals surface area contributed by atoms with E-state index in [-0.39, 0.29) is 17.9 Å². The van der Waals surface area contributed by atoms with Crippen molar-refractivity contribution in [3.8, 4) is 0 Å². The first-order chi connectivity index (χ1) is 9.00. The van der Waals surface area contributed by atoms with Gasteiger partial charge in [-0.15, -0.1) is 0 Å². The molecule has 0 heterocycles. The number of benzene rings is 1. The fraction of sp³-hybridized carbons (Fsp3) is 0.533. The van der Waals surface area contributed by atoms with Gasteiger partial charge in [0.05, 0.1) is 6.04 Å². The zero-order valence-corrected chi connectivity index (χ0v) is 13.6. The lowest BCUT2D eigenvalue weighted by Gasteiger charge is -2.27. The smallest absolute Gasteiger partial charge is 0.240 e. The van der Waals surface area contributed by atoms with Gasteiger partial charge in [-0.25, -0.2) is 0 Å². The standard InChI is InChI=1S/C15H21IN2O/c1-10(2)14(17)15(19)18(12-7-8-12)9-11-5-3-4-6-13(11)16/h3-6,10,12,14H,7-9,17H2,1-2H3. The van der Waals surface area contributed by atoms with E-state index in [9.17, 15) is 4.79 Å². The number of nitrogens with two attached hydrogens (primary N) is 1. The van der Waals surface area contributed by atoms with Crippen LogP contribution in [0, 0.1) is 9.49 Å². The van der Waals surface area contributed by atoms with E-state index in [1.165, 1.54) is 9.13 Å². The second-order valence-corrected chi connectivity index (χ2v) is 6.72. The normalized spacial score (nSPS) is 16.5. The molecule has 1 aromatic carbocycles. The fourth-order valence-electron chi connectivity index (χ4n) is 2.06. The summed E-state index contributed by atoms with van der Waals surface area (Å²) in [5.74, 6) is 0.278. The maximum atomic E-state index is 12.5. The summed E-state index contributed by atoms with van der Waals surface area (Å²) >= 11 is 2.32. The fourth-order valence-corrected chi connectivity index (χ4v) is 2.62. The minimum absolute atomic E-state index is 0.0946. The molecule has 1 fully saturated rings. The molecule has 2 rings (SSSR count). The molecule has 1 saturated carbocycles. The molecular weight excluding hydrogens is 351 g/mol. The monoisotopic (exact) mass is 372 g/mol. The van der Waals surface area contributed by atoms with Crippen LogP contribution in [0.25, 0.3) is 0 Å². The van der Waals surface area contributed by atoms with Gasteiger partial charge in [0.2, 0.25) is 5.91 Å². The molecule has 1 unspecified atom stereocenters. The van der Waals surface area contributed by atoms with Crippen LogP contribution in [0.3, 0.4) is 0 Å².